The Kier molecular flexibility index (Phi) is 7.79. The number of ether oxygens (including phenoxy) is 2. The van der Waals surface area contributed by atoms with E-state index in [1.807, 2.05) is 0 Å². The second kappa shape index (κ2) is 11.6. The molecule has 0 spiro atoms. The molecule has 10 nitrogen and oxygen atoms in total. The van der Waals surface area contributed by atoms with Gasteiger partial charge in [0.1, 0.15) is 23.9 Å². The van der Waals surface area contributed by atoms with E-state index in [0.717, 1.165) is 0 Å². The van der Waals surface area contributed by atoms with E-state index in [-0.39, 0.29) is 23.4 Å². The molecule has 0 fully saturated rings. The van der Waals surface area contributed by atoms with Crippen molar-refractivity contribution in [2.24, 2.45) is 4.99 Å². The van der Waals surface area contributed by atoms with E-state index in [4.69, 9.17) is 13.9 Å². The quantitative estimate of drug-likeness (QED) is 0.125. The van der Waals surface area contributed by atoms with Crippen molar-refractivity contribution < 1.29 is 23.6 Å². The van der Waals surface area contributed by atoms with Crippen molar-refractivity contribution in [3.8, 4) is 17.1 Å². The van der Waals surface area contributed by atoms with Crippen LogP contribution in [-0.4, -0.2) is 28.7 Å². The molecule has 1 aliphatic heterocycles. The lowest BCUT2D eigenvalue weighted by molar-refractivity contribution is -0.384. The van der Waals surface area contributed by atoms with E-state index in [1.165, 1.54) is 28.0 Å². The Balaban J connectivity index is 1.57. The van der Waals surface area contributed by atoms with Crippen LogP contribution in [0.2, 0.25) is 0 Å². The molecule has 1 aliphatic rings. The summed E-state index contributed by atoms with van der Waals surface area (Å²) in [5.74, 6) is 1.00. The van der Waals surface area contributed by atoms with Crippen LogP contribution in [0.4, 0.5) is 5.69 Å². The maximum absolute atomic E-state index is 13.8. The number of hydrogen-bond donors (Lipinski definition) is 0. The number of nitrogens with zero attached hydrogens (tertiary/aromatic N) is 3. The van der Waals surface area contributed by atoms with E-state index < -0.39 is 16.9 Å². The van der Waals surface area contributed by atoms with Gasteiger partial charge in [-0.2, -0.15) is 0 Å². The molecule has 208 valence electrons. The minimum atomic E-state index is -0.756. The zero-order valence-corrected chi connectivity index (χ0v) is 23.1. The molecule has 1 atom stereocenters. The third-order valence-corrected chi connectivity index (χ3v) is 7.33. The minimum Gasteiger partial charge on any atom is -0.490 e. The van der Waals surface area contributed by atoms with Gasteiger partial charge in [0.25, 0.3) is 11.2 Å². The first-order valence-electron chi connectivity index (χ1n) is 12.7. The molecular formula is C30H25N3O7S. The number of allylic oxidation sites excluding steroid dienone is 1. The molecule has 0 amide bonds. The number of thiazole rings is 1. The Morgan fingerprint density at radius 1 is 1.17 bits per heavy atom. The van der Waals surface area contributed by atoms with E-state index >= 15 is 0 Å². The number of carbonyl (C=O) groups excluding carboxylic acids is 1. The third kappa shape index (κ3) is 5.52. The molecule has 0 N–H and O–H groups in total. The first kappa shape index (κ1) is 27.5. The van der Waals surface area contributed by atoms with Crippen LogP contribution in [0.3, 0.4) is 0 Å². The van der Waals surface area contributed by atoms with Crippen LogP contribution in [0.1, 0.15) is 31.2 Å². The summed E-state index contributed by atoms with van der Waals surface area (Å²) < 4.78 is 18.7. The lowest BCUT2D eigenvalue weighted by Crippen LogP contribution is -2.39. The minimum absolute atomic E-state index is 0.0207. The molecule has 0 bridgehead atoms. The van der Waals surface area contributed by atoms with E-state index in [0.29, 0.717) is 50.0 Å². The summed E-state index contributed by atoms with van der Waals surface area (Å²) in [5, 5.41) is 11.0. The van der Waals surface area contributed by atoms with Gasteiger partial charge in [0.15, 0.2) is 4.80 Å². The summed E-state index contributed by atoms with van der Waals surface area (Å²) in [6, 6.07) is 15.8. The van der Waals surface area contributed by atoms with Crippen molar-refractivity contribution in [2.75, 3.05) is 13.2 Å². The maximum Gasteiger partial charge on any atom is 0.338 e. The molecule has 5 rings (SSSR count). The Labute approximate surface area is 238 Å². The highest BCUT2D eigenvalue weighted by Gasteiger charge is 2.33. The number of aromatic nitrogens is 1. The standard InChI is InChI=1S/C30H25N3O7S/c1-4-16-39-22-12-8-20(9-13-22)27-26(29(35)38-5-2)18(3)31-30-32(27)28(34)25(41-30)17-23-14-15-24(40-23)19-6-10-21(11-7-19)33(36)37/h4,6-15,17,27H,1,5,16H2,2-3H3/b25-17-/t27-/m0/s1. The van der Waals surface area contributed by atoms with Crippen LogP contribution in [0.15, 0.2) is 98.8 Å². The number of nitro groups is 1. The van der Waals surface area contributed by atoms with Gasteiger partial charge >= 0.3 is 5.97 Å². The van der Waals surface area contributed by atoms with Crippen LogP contribution >= 0.6 is 11.3 Å². The van der Waals surface area contributed by atoms with E-state index in [2.05, 4.69) is 11.6 Å². The van der Waals surface area contributed by atoms with Gasteiger partial charge in [-0.15, -0.1) is 0 Å². The molecule has 41 heavy (non-hydrogen) atoms. The Bertz CT molecular complexity index is 1850. The second-order valence-electron chi connectivity index (χ2n) is 8.98. The van der Waals surface area contributed by atoms with Gasteiger partial charge in [-0.1, -0.05) is 36.1 Å². The van der Waals surface area contributed by atoms with Gasteiger partial charge < -0.3 is 13.9 Å². The highest BCUT2D eigenvalue weighted by molar-refractivity contribution is 7.07. The number of carbonyl (C=O) groups is 1. The van der Waals surface area contributed by atoms with Crippen LogP contribution in [0.25, 0.3) is 17.4 Å². The molecule has 0 saturated heterocycles. The number of esters is 1. The molecule has 2 aromatic carbocycles. The monoisotopic (exact) mass is 571 g/mol. The van der Waals surface area contributed by atoms with Gasteiger partial charge in [-0.3, -0.25) is 19.5 Å². The Morgan fingerprint density at radius 2 is 1.90 bits per heavy atom. The number of rotatable bonds is 9. The van der Waals surface area contributed by atoms with Crippen molar-refractivity contribution in [1.82, 2.24) is 4.57 Å². The smallest absolute Gasteiger partial charge is 0.338 e. The van der Waals surface area contributed by atoms with Gasteiger partial charge in [0, 0.05) is 23.8 Å². The molecule has 0 radical (unpaired) electrons. The van der Waals surface area contributed by atoms with Gasteiger partial charge in [0.2, 0.25) is 0 Å². The summed E-state index contributed by atoms with van der Waals surface area (Å²) in [5.41, 5.74) is 1.74. The fourth-order valence-corrected chi connectivity index (χ4v) is 5.50. The number of fused-ring (bicyclic) bond motifs is 1. The normalized spacial score (nSPS) is 14.8. The summed E-state index contributed by atoms with van der Waals surface area (Å²) >= 11 is 1.18. The van der Waals surface area contributed by atoms with Crippen LogP contribution < -0.4 is 19.6 Å². The molecule has 0 aliphatic carbocycles. The van der Waals surface area contributed by atoms with Gasteiger partial charge in [0.05, 0.1) is 33.4 Å². The zero-order valence-electron chi connectivity index (χ0n) is 22.2. The molecule has 4 aromatic rings. The number of hydrogen-bond acceptors (Lipinski definition) is 9. The summed E-state index contributed by atoms with van der Waals surface area (Å²) in [6.45, 7) is 7.62. The number of benzene rings is 2. The average Bonchev–Trinajstić information content (AvgIpc) is 3.55. The van der Waals surface area contributed by atoms with Crippen molar-refractivity contribution in [2.45, 2.75) is 19.9 Å². The molecular weight excluding hydrogens is 546 g/mol. The number of non-ortho nitro benzene ring substituents is 1. The van der Waals surface area contributed by atoms with Crippen LogP contribution in [0.5, 0.6) is 5.75 Å². The zero-order chi connectivity index (χ0) is 29.1. The van der Waals surface area contributed by atoms with E-state index in [1.54, 1.807) is 74.5 Å². The Morgan fingerprint density at radius 3 is 2.56 bits per heavy atom. The van der Waals surface area contributed by atoms with Crippen molar-refractivity contribution in [3.05, 3.63) is 126 Å². The molecule has 2 aromatic heterocycles. The lowest BCUT2D eigenvalue weighted by Gasteiger charge is -2.24. The number of furan rings is 1. The lowest BCUT2D eigenvalue weighted by atomic mass is 9.96. The first-order valence-corrected chi connectivity index (χ1v) is 13.5. The van der Waals surface area contributed by atoms with Crippen molar-refractivity contribution in [3.63, 3.8) is 0 Å². The van der Waals surface area contributed by atoms with Crippen molar-refractivity contribution >= 4 is 29.1 Å². The SMILES string of the molecule is C=CCOc1ccc([C@H]2C(C(=O)OCC)=C(C)N=c3s/c(=C\c4ccc(-c5ccc([N+](=O)[O-])cc5)o4)c(=O)n32)cc1. The molecule has 0 unspecified atom stereocenters. The fourth-order valence-electron chi connectivity index (χ4n) is 4.47. The average molecular weight is 572 g/mol. The Hall–Kier alpha value is -5.03. The molecule has 0 saturated carbocycles. The summed E-state index contributed by atoms with van der Waals surface area (Å²) in [6.07, 6.45) is 3.26. The highest BCUT2D eigenvalue weighted by Crippen LogP contribution is 2.32. The van der Waals surface area contributed by atoms with Crippen molar-refractivity contribution in [1.29, 1.82) is 0 Å². The fraction of sp³-hybridized carbons (Fsp3) is 0.167. The maximum atomic E-state index is 13.8. The predicted molar refractivity (Wildman–Crippen MR) is 153 cm³/mol. The third-order valence-electron chi connectivity index (χ3n) is 6.34. The summed E-state index contributed by atoms with van der Waals surface area (Å²) in [4.78, 5) is 42.4. The second-order valence-corrected chi connectivity index (χ2v) is 9.99. The predicted octanol–water partition coefficient (Wildman–Crippen LogP) is 4.53. The topological polar surface area (TPSA) is 126 Å². The van der Waals surface area contributed by atoms with E-state index in [9.17, 15) is 19.7 Å². The van der Waals surface area contributed by atoms with Crippen LogP contribution in [0, 0.1) is 10.1 Å². The number of nitro benzene ring substituents is 1. The van der Waals surface area contributed by atoms with Gasteiger partial charge in [-0.05, 0) is 55.8 Å². The van der Waals surface area contributed by atoms with Crippen LogP contribution in [-0.2, 0) is 9.53 Å². The summed E-state index contributed by atoms with van der Waals surface area (Å²) in [7, 11) is 0. The van der Waals surface area contributed by atoms with Gasteiger partial charge in [-0.25, -0.2) is 9.79 Å². The largest absolute Gasteiger partial charge is 0.490 e. The molecule has 11 heteroatoms. The first-order chi connectivity index (χ1) is 19.8. The molecule has 3 heterocycles. The highest BCUT2D eigenvalue weighted by atomic mass is 32.1.